The second-order valence-electron chi connectivity index (χ2n) is 6.12. The van der Waals surface area contributed by atoms with Crippen LogP contribution in [0.15, 0.2) is 47.1 Å². The van der Waals surface area contributed by atoms with E-state index in [-0.39, 0.29) is 5.91 Å². The fourth-order valence-electron chi connectivity index (χ4n) is 3.15. The van der Waals surface area contributed by atoms with Gasteiger partial charge in [-0.15, -0.1) is 0 Å². The quantitative estimate of drug-likeness (QED) is 0.751. The molecule has 1 aliphatic carbocycles. The van der Waals surface area contributed by atoms with E-state index in [0.29, 0.717) is 22.1 Å². The van der Waals surface area contributed by atoms with Gasteiger partial charge < -0.3 is 5.32 Å². The Labute approximate surface area is 150 Å². The van der Waals surface area contributed by atoms with Crippen molar-refractivity contribution in [3.63, 3.8) is 0 Å². The zero-order chi connectivity index (χ0) is 17.2. The van der Waals surface area contributed by atoms with Gasteiger partial charge in [0.2, 0.25) is 5.82 Å². The third kappa shape index (κ3) is 3.28. The summed E-state index contributed by atoms with van der Waals surface area (Å²) in [5.74, 6) is -0.00172. The summed E-state index contributed by atoms with van der Waals surface area (Å²) in [6, 6.07) is 13.0. The molecule has 0 saturated carbocycles. The van der Waals surface area contributed by atoms with Crippen molar-refractivity contribution in [2.45, 2.75) is 25.7 Å². The smallest absolute Gasteiger partial charge is 0.257 e. The summed E-state index contributed by atoms with van der Waals surface area (Å²) >= 11 is 5.94. The van der Waals surface area contributed by atoms with E-state index < -0.39 is 0 Å². The number of carbonyl (C=O) groups is 1. The Hall–Kier alpha value is -2.66. The van der Waals surface area contributed by atoms with E-state index in [1.54, 1.807) is 24.3 Å². The van der Waals surface area contributed by atoms with Crippen LogP contribution in [0.4, 0.5) is 5.82 Å². The maximum absolute atomic E-state index is 12.4. The zero-order valence-electron chi connectivity index (χ0n) is 13.5. The lowest BCUT2D eigenvalue weighted by Gasteiger charge is -2.16. The van der Waals surface area contributed by atoms with Crippen molar-refractivity contribution in [1.82, 2.24) is 10.3 Å². The normalized spacial score (nSPS) is 13.3. The fourth-order valence-corrected chi connectivity index (χ4v) is 3.34. The molecule has 1 heterocycles. The molecule has 5 nitrogen and oxygen atoms in total. The van der Waals surface area contributed by atoms with Gasteiger partial charge in [0.1, 0.15) is 0 Å². The van der Waals surface area contributed by atoms with Crippen molar-refractivity contribution < 1.29 is 9.42 Å². The van der Waals surface area contributed by atoms with Crippen LogP contribution < -0.4 is 5.32 Å². The molecule has 126 valence electrons. The molecule has 1 N–H and O–H groups in total. The first kappa shape index (κ1) is 15.8. The number of hydrogen-bond acceptors (Lipinski definition) is 4. The monoisotopic (exact) mass is 353 g/mol. The van der Waals surface area contributed by atoms with Crippen LogP contribution in [0.1, 0.15) is 34.3 Å². The van der Waals surface area contributed by atoms with E-state index in [9.17, 15) is 4.79 Å². The number of rotatable bonds is 3. The van der Waals surface area contributed by atoms with Gasteiger partial charge in [-0.3, -0.25) is 4.79 Å². The summed E-state index contributed by atoms with van der Waals surface area (Å²) in [4.78, 5) is 12.4. The Kier molecular flexibility index (Phi) is 4.24. The summed E-state index contributed by atoms with van der Waals surface area (Å²) < 4.78 is 4.86. The molecule has 1 aromatic heterocycles. The highest BCUT2D eigenvalue weighted by Crippen LogP contribution is 2.30. The second kappa shape index (κ2) is 6.69. The average molecular weight is 354 g/mol. The molecule has 1 amide bonds. The number of aromatic nitrogens is 2. The van der Waals surface area contributed by atoms with Gasteiger partial charge in [-0.05, 0) is 71.4 Å². The van der Waals surface area contributed by atoms with Crippen molar-refractivity contribution in [2.75, 3.05) is 5.32 Å². The molecule has 6 heteroatoms. The molecule has 0 bridgehead atoms. The van der Waals surface area contributed by atoms with E-state index in [1.165, 1.54) is 24.0 Å². The number of carbonyl (C=O) groups excluding carboxylic acids is 1. The van der Waals surface area contributed by atoms with Gasteiger partial charge in [-0.1, -0.05) is 29.8 Å². The Balaban J connectivity index is 1.61. The van der Waals surface area contributed by atoms with Crippen molar-refractivity contribution in [3.05, 3.63) is 64.2 Å². The lowest BCUT2D eigenvalue weighted by atomic mass is 9.90. The molecule has 0 fully saturated rings. The molecule has 4 rings (SSSR count). The highest BCUT2D eigenvalue weighted by Gasteiger charge is 2.18. The number of anilines is 1. The minimum atomic E-state index is -0.308. The molecule has 25 heavy (non-hydrogen) atoms. The van der Waals surface area contributed by atoms with E-state index in [0.717, 1.165) is 18.4 Å². The molecule has 0 spiro atoms. The van der Waals surface area contributed by atoms with E-state index in [2.05, 4.69) is 27.8 Å². The highest BCUT2D eigenvalue weighted by molar-refractivity contribution is 6.31. The summed E-state index contributed by atoms with van der Waals surface area (Å²) in [7, 11) is 0. The van der Waals surface area contributed by atoms with Gasteiger partial charge in [0.15, 0.2) is 5.69 Å². The average Bonchev–Trinajstić information content (AvgIpc) is 3.09. The van der Waals surface area contributed by atoms with Gasteiger partial charge in [0, 0.05) is 16.1 Å². The summed E-state index contributed by atoms with van der Waals surface area (Å²) in [6.07, 6.45) is 4.62. The van der Waals surface area contributed by atoms with Crippen LogP contribution in [-0.2, 0) is 12.8 Å². The van der Waals surface area contributed by atoms with Crippen molar-refractivity contribution >= 4 is 23.3 Å². The molecular weight excluding hydrogens is 338 g/mol. The van der Waals surface area contributed by atoms with Crippen molar-refractivity contribution in [1.29, 1.82) is 0 Å². The number of aryl methyl sites for hydroxylation is 2. The van der Waals surface area contributed by atoms with E-state index in [4.69, 9.17) is 16.2 Å². The lowest BCUT2D eigenvalue weighted by Crippen LogP contribution is -2.12. The number of nitrogens with zero attached hydrogens (tertiary/aromatic N) is 2. The first-order valence-corrected chi connectivity index (χ1v) is 8.60. The largest absolute Gasteiger partial charge is 0.302 e. The molecule has 0 radical (unpaired) electrons. The molecule has 0 unspecified atom stereocenters. The van der Waals surface area contributed by atoms with E-state index in [1.807, 2.05) is 6.07 Å². The Morgan fingerprint density at radius 2 is 1.88 bits per heavy atom. The maximum Gasteiger partial charge on any atom is 0.257 e. The van der Waals surface area contributed by atoms with Crippen LogP contribution in [0.25, 0.3) is 11.3 Å². The van der Waals surface area contributed by atoms with Gasteiger partial charge in [-0.25, -0.2) is 4.63 Å². The van der Waals surface area contributed by atoms with E-state index >= 15 is 0 Å². The number of halogens is 1. The van der Waals surface area contributed by atoms with Crippen LogP contribution in [0.2, 0.25) is 5.02 Å². The second-order valence-corrected chi connectivity index (χ2v) is 6.55. The van der Waals surface area contributed by atoms with Crippen LogP contribution in [0.5, 0.6) is 0 Å². The molecule has 1 aliphatic rings. The van der Waals surface area contributed by atoms with Gasteiger partial charge >= 0.3 is 0 Å². The number of fused-ring (bicyclic) bond motifs is 1. The number of hydrogen-bond donors (Lipinski definition) is 1. The molecule has 0 aliphatic heterocycles. The van der Waals surface area contributed by atoms with Gasteiger partial charge in [-0.2, -0.15) is 0 Å². The summed E-state index contributed by atoms with van der Waals surface area (Å²) in [5.41, 5.74) is 4.59. The standard InChI is InChI=1S/C19H16ClN3O2/c20-16-7-3-6-15(11-16)19(24)21-18-17(22-25-23-18)14-9-8-12-4-1-2-5-13(12)10-14/h3,6-11H,1-2,4-5H2,(H,21,23,24). The number of amides is 1. The van der Waals surface area contributed by atoms with Crippen molar-refractivity contribution in [3.8, 4) is 11.3 Å². The summed E-state index contributed by atoms with van der Waals surface area (Å²) in [5, 5.41) is 11.1. The topological polar surface area (TPSA) is 68.0 Å². The van der Waals surface area contributed by atoms with Crippen LogP contribution in [0, 0.1) is 0 Å². The predicted octanol–water partition coefficient (Wildman–Crippen LogP) is 4.52. The lowest BCUT2D eigenvalue weighted by molar-refractivity contribution is 0.102. The number of benzene rings is 2. The Bertz CT molecular complexity index is 936. The molecule has 3 aromatic rings. The molecule has 2 aromatic carbocycles. The first-order valence-electron chi connectivity index (χ1n) is 8.22. The molecular formula is C19H16ClN3O2. The van der Waals surface area contributed by atoms with Gasteiger partial charge in [0.05, 0.1) is 0 Å². The van der Waals surface area contributed by atoms with Gasteiger partial charge in [0.25, 0.3) is 5.91 Å². The third-order valence-electron chi connectivity index (χ3n) is 4.43. The zero-order valence-corrected chi connectivity index (χ0v) is 14.2. The predicted molar refractivity (Wildman–Crippen MR) is 95.8 cm³/mol. The van der Waals surface area contributed by atoms with Crippen LogP contribution >= 0.6 is 11.6 Å². The first-order chi connectivity index (χ1) is 12.2. The Morgan fingerprint density at radius 1 is 1.04 bits per heavy atom. The number of nitrogens with one attached hydrogen (secondary N) is 1. The minimum absolute atomic E-state index is 0.306. The third-order valence-corrected chi connectivity index (χ3v) is 4.66. The Morgan fingerprint density at radius 3 is 2.72 bits per heavy atom. The van der Waals surface area contributed by atoms with Crippen LogP contribution in [0.3, 0.4) is 0 Å². The maximum atomic E-state index is 12.4. The van der Waals surface area contributed by atoms with Crippen molar-refractivity contribution in [2.24, 2.45) is 0 Å². The molecule has 0 atom stereocenters. The highest BCUT2D eigenvalue weighted by atomic mass is 35.5. The fraction of sp³-hybridized carbons (Fsp3) is 0.211. The summed E-state index contributed by atoms with van der Waals surface area (Å²) in [6.45, 7) is 0. The SMILES string of the molecule is O=C(Nc1nonc1-c1ccc2c(c1)CCCC2)c1cccc(Cl)c1. The molecule has 0 saturated heterocycles. The van der Waals surface area contributed by atoms with Crippen LogP contribution in [-0.4, -0.2) is 16.2 Å². The minimum Gasteiger partial charge on any atom is -0.302 e.